The molecule has 4 heteroatoms. The first-order chi connectivity index (χ1) is 7.61. The molecule has 1 aromatic carbocycles. The summed E-state index contributed by atoms with van der Waals surface area (Å²) >= 11 is 5.84. The lowest BCUT2D eigenvalue weighted by Crippen LogP contribution is -2.02. The van der Waals surface area contributed by atoms with Gasteiger partial charge in [-0.25, -0.2) is 9.67 Å². The van der Waals surface area contributed by atoms with Gasteiger partial charge in [0.15, 0.2) is 0 Å². The van der Waals surface area contributed by atoms with Crippen LogP contribution in [0.1, 0.15) is 22.8 Å². The molecule has 0 unspecified atom stereocenters. The smallest absolute Gasteiger partial charge is 0.148 e. The van der Waals surface area contributed by atoms with Crippen molar-refractivity contribution >= 4 is 11.6 Å². The Bertz CT molecular complexity index is 517. The molecule has 2 rings (SSSR count). The Labute approximate surface area is 100 Å². The van der Waals surface area contributed by atoms with Crippen LogP contribution in [0.5, 0.6) is 0 Å². The summed E-state index contributed by atoms with van der Waals surface area (Å²) in [5.74, 6) is 2.19. The van der Waals surface area contributed by atoms with E-state index in [1.54, 1.807) is 0 Å². The van der Waals surface area contributed by atoms with Crippen LogP contribution in [0.2, 0.25) is 0 Å². The average Bonchev–Trinajstić information content (AvgIpc) is 2.58. The van der Waals surface area contributed by atoms with Gasteiger partial charge in [-0.15, -0.1) is 11.6 Å². The zero-order valence-electron chi connectivity index (χ0n) is 9.66. The molecular formula is C12H14ClN3. The second kappa shape index (κ2) is 4.26. The fraction of sp³-hybridized carbons (Fsp3) is 0.333. The van der Waals surface area contributed by atoms with Gasteiger partial charge in [0.05, 0.1) is 5.69 Å². The molecule has 0 bridgehead atoms. The third-order valence-corrected chi connectivity index (χ3v) is 2.84. The van der Waals surface area contributed by atoms with E-state index in [2.05, 4.69) is 29.1 Å². The number of aromatic nitrogens is 3. The van der Waals surface area contributed by atoms with Gasteiger partial charge < -0.3 is 0 Å². The molecule has 16 heavy (non-hydrogen) atoms. The van der Waals surface area contributed by atoms with E-state index in [1.807, 2.05) is 24.6 Å². The molecule has 1 heterocycles. The number of benzene rings is 1. The van der Waals surface area contributed by atoms with Crippen molar-refractivity contribution in [1.82, 2.24) is 14.8 Å². The number of halogens is 1. The Kier molecular flexibility index (Phi) is 2.97. The Morgan fingerprint density at radius 2 is 2.00 bits per heavy atom. The van der Waals surface area contributed by atoms with Crippen molar-refractivity contribution in [1.29, 1.82) is 0 Å². The summed E-state index contributed by atoms with van der Waals surface area (Å²) in [5, 5.41) is 4.38. The monoisotopic (exact) mass is 235 g/mol. The quantitative estimate of drug-likeness (QED) is 0.750. The van der Waals surface area contributed by atoms with Gasteiger partial charge in [0.25, 0.3) is 0 Å². The fourth-order valence-electron chi connectivity index (χ4n) is 1.72. The Morgan fingerprint density at radius 3 is 2.56 bits per heavy atom. The summed E-state index contributed by atoms with van der Waals surface area (Å²) in [4.78, 5) is 4.30. The molecule has 0 saturated carbocycles. The van der Waals surface area contributed by atoms with Crippen molar-refractivity contribution in [3.05, 3.63) is 41.0 Å². The van der Waals surface area contributed by atoms with Crippen LogP contribution in [0.15, 0.2) is 18.2 Å². The van der Waals surface area contributed by atoms with Crippen LogP contribution in [0.4, 0.5) is 0 Å². The van der Waals surface area contributed by atoms with Gasteiger partial charge in [-0.3, -0.25) is 0 Å². The molecule has 0 aliphatic carbocycles. The number of aryl methyl sites for hydroxylation is 3. The van der Waals surface area contributed by atoms with Crippen LogP contribution in [0.3, 0.4) is 0 Å². The van der Waals surface area contributed by atoms with Gasteiger partial charge in [-0.05, 0) is 38.0 Å². The molecule has 0 N–H and O–H groups in total. The predicted molar refractivity (Wildman–Crippen MR) is 65.1 cm³/mol. The van der Waals surface area contributed by atoms with E-state index in [-0.39, 0.29) is 0 Å². The molecule has 0 saturated heterocycles. The summed E-state index contributed by atoms with van der Waals surface area (Å²) < 4.78 is 1.86. The second-order valence-electron chi connectivity index (χ2n) is 3.87. The lowest BCUT2D eigenvalue weighted by molar-refractivity contribution is 0.823. The number of hydrogen-bond acceptors (Lipinski definition) is 2. The van der Waals surface area contributed by atoms with Gasteiger partial charge in [-0.2, -0.15) is 5.10 Å². The molecule has 2 aromatic rings. The zero-order valence-corrected chi connectivity index (χ0v) is 10.4. The number of hydrogen-bond donors (Lipinski definition) is 0. The maximum atomic E-state index is 5.84. The van der Waals surface area contributed by atoms with Crippen molar-refractivity contribution in [3.63, 3.8) is 0 Å². The number of nitrogens with zero attached hydrogens (tertiary/aromatic N) is 3. The Hall–Kier alpha value is -1.35. The molecule has 0 fully saturated rings. The third kappa shape index (κ3) is 1.95. The zero-order chi connectivity index (χ0) is 11.7. The van der Waals surface area contributed by atoms with Crippen LogP contribution < -0.4 is 0 Å². The number of rotatable bonds is 2. The Balaban J connectivity index is 2.58. The Morgan fingerprint density at radius 1 is 1.25 bits per heavy atom. The van der Waals surface area contributed by atoms with Gasteiger partial charge in [0.1, 0.15) is 11.6 Å². The highest BCUT2D eigenvalue weighted by molar-refractivity contribution is 6.17. The molecule has 0 amide bonds. The lowest BCUT2D eigenvalue weighted by atomic mass is 10.1. The van der Waals surface area contributed by atoms with E-state index in [0.717, 1.165) is 22.9 Å². The first-order valence-corrected chi connectivity index (χ1v) is 5.71. The normalized spacial score (nSPS) is 10.8. The van der Waals surface area contributed by atoms with E-state index in [0.29, 0.717) is 5.88 Å². The highest BCUT2D eigenvalue weighted by Crippen LogP contribution is 2.18. The summed E-state index contributed by atoms with van der Waals surface area (Å²) in [5.41, 5.74) is 3.31. The molecule has 84 valence electrons. The molecule has 1 aromatic heterocycles. The van der Waals surface area contributed by atoms with E-state index < -0.39 is 0 Å². The summed E-state index contributed by atoms with van der Waals surface area (Å²) in [6.45, 7) is 5.90. The van der Waals surface area contributed by atoms with Crippen molar-refractivity contribution < 1.29 is 0 Å². The highest BCUT2D eigenvalue weighted by Gasteiger charge is 2.08. The van der Waals surface area contributed by atoms with Crippen LogP contribution in [0.25, 0.3) is 5.69 Å². The predicted octanol–water partition coefficient (Wildman–Crippen LogP) is 2.93. The SMILES string of the molecule is Cc1nc(C)n(-c2cc(CCl)ccc2C)n1. The van der Waals surface area contributed by atoms with Gasteiger partial charge in [0.2, 0.25) is 0 Å². The molecule has 0 aliphatic rings. The molecule has 0 aliphatic heterocycles. The lowest BCUT2D eigenvalue weighted by Gasteiger charge is -2.08. The first-order valence-electron chi connectivity index (χ1n) is 5.18. The minimum Gasteiger partial charge on any atom is -0.218 e. The van der Waals surface area contributed by atoms with E-state index in [1.165, 1.54) is 5.56 Å². The third-order valence-electron chi connectivity index (χ3n) is 2.53. The van der Waals surface area contributed by atoms with Crippen molar-refractivity contribution in [2.24, 2.45) is 0 Å². The largest absolute Gasteiger partial charge is 0.218 e. The standard InChI is InChI=1S/C12H14ClN3/c1-8-4-5-11(7-13)6-12(8)16-10(3)14-9(2)15-16/h4-6H,7H2,1-3H3. The fourth-order valence-corrected chi connectivity index (χ4v) is 1.88. The first kappa shape index (κ1) is 11.1. The molecule has 0 atom stereocenters. The van der Waals surface area contributed by atoms with E-state index in [9.17, 15) is 0 Å². The van der Waals surface area contributed by atoms with Crippen LogP contribution in [-0.4, -0.2) is 14.8 Å². The van der Waals surface area contributed by atoms with Gasteiger partial charge in [-0.1, -0.05) is 12.1 Å². The summed E-state index contributed by atoms with van der Waals surface area (Å²) in [7, 11) is 0. The molecule has 0 radical (unpaired) electrons. The van der Waals surface area contributed by atoms with E-state index >= 15 is 0 Å². The topological polar surface area (TPSA) is 30.7 Å². The highest BCUT2D eigenvalue weighted by atomic mass is 35.5. The van der Waals surface area contributed by atoms with Crippen molar-refractivity contribution in [3.8, 4) is 5.69 Å². The molecule has 0 spiro atoms. The maximum Gasteiger partial charge on any atom is 0.148 e. The van der Waals surface area contributed by atoms with Crippen molar-refractivity contribution in [2.75, 3.05) is 0 Å². The van der Waals surface area contributed by atoms with Crippen LogP contribution in [-0.2, 0) is 5.88 Å². The minimum atomic E-state index is 0.514. The maximum absolute atomic E-state index is 5.84. The second-order valence-corrected chi connectivity index (χ2v) is 4.14. The van der Waals surface area contributed by atoms with Gasteiger partial charge >= 0.3 is 0 Å². The van der Waals surface area contributed by atoms with E-state index in [4.69, 9.17) is 11.6 Å². The molecular weight excluding hydrogens is 222 g/mol. The number of alkyl halides is 1. The van der Waals surface area contributed by atoms with Crippen LogP contribution in [0, 0.1) is 20.8 Å². The van der Waals surface area contributed by atoms with Crippen molar-refractivity contribution in [2.45, 2.75) is 26.7 Å². The minimum absolute atomic E-state index is 0.514. The summed E-state index contributed by atoms with van der Waals surface area (Å²) in [6.07, 6.45) is 0. The molecule has 3 nitrogen and oxygen atoms in total. The van der Waals surface area contributed by atoms with Crippen LogP contribution >= 0.6 is 11.6 Å². The van der Waals surface area contributed by atoms with Gasteiger partial charge in [0, 0.05) is 5.88 Å². The summed E-state index contributed by atoms with van der Waals surface area (Å²) in [6, 6.07) is 6.15. The average molecular weight is 236 g/mol.